The summed E-state index contributed by atoms with van der Waals surface area (Å²) in [6.07, 6.45) is 2.15. The van der Waals surface area contributed by atoms with E-state index in [0.717, 1.165) is 25.8 Å². The van der Waals surface area contributed by atoms with E-state index in [4.69, 9.17) is 4.42 Å². The SMILES string of the molecule is CCNCc1ccc(S(=O)(=O)NCC2CCCC2O)o1. The van der Waals surface area contributed by atoms with Gasteiger partial charge in [-0.2, -0.15) is 0 Å². The zero-order valence-corrected chi connectivity index (χ0v) is 12.4. The number of furan rings is 1. The maximum absolute atomic E-state index is 12.1. The van der Waals surface area contributed by atoms with Crippen LogP contribution in [-0.2, 0) is 16.6 Å². The van der Waals surface area contributed by atoms with Crippen molar-refractivity contribution < 1.29 is 17.9 Å². The van der Waals surface area contributed by atoms with Gasteiger partial charge in [-0.25, -0.2) is 13.1 Å². The van der Waals surface area contributed by atoms with Crippen molar-refractivity contribution in [2.24, 2.45) is 5.92 Å². The second-order valence-corrected chi connectivity index (χ2v) is 6.81. The highest BCUT2D eigenvalue weighted by Crippen LogP contribution is 2.25. The molecule has 0 radical (unpaired) electrons. The Hall–Kier alpha value is -0.890. The zero-order valence-electron chi connectivity index (χ0n) is 11.6. The quantitative estimate of drug-likeness (QED) is 0.694. The van der Waals surface area contributed by atoms with E-state index in [0.29, 0.717) is 12.3 Å². The minimum atomic E-state index is -3.63. The Balaban J connectivity index is 1.93. The molecule has 2 atom stereocenters. The predicted molar refractivity (Wildman–Crippen MR) is 74.6 cm³/mol. The Bertz CT molecular complexity index is 526. The van der Waals surface area contributed by atoms with Crippen LogP contribution in [0.3, 0.4) is 0 Å². The van der Waals surface area contributed by atoms with Crippen LogP contribution >= 0.6 is 0 Å². The summed E-state index contributed by atoms with van der Waals surface area (Å²) in [4.78, 5) is 0. The van der Waals surface area contributed by atoms with Gasteiger partial charge in [0.25, 0.3) is 10.0 Å². The lowest BCUT2D eigenvalue weighted by Gasteiger charge is -2.14. The fourth-order valence-electron chi connectivity index (χ4n) is 2.39. The van der Waals surface area contributed by atoms with Gasteiger partial charge in [0, 0.05) is 6.54 Å². The van der Waals surface area contributed by atoms with Gasteiger partial charge in [-0.1, -0.05) is 13.3 Å². The summed E-state index contributed by atoms with van der Waals surface area (Å²) < 4.78 is 32.0. The van der Waals surface area contributed by atoms with Crippen molar-refractivity contribution in [3.8, 4) is 0 Å². The molecule has 0 spiro atoms. The number of aliphatic hydroxyl groups is 1. The lowest BCUT2D eigenvalue weighted by atomic mass is 10.1. The maximum Gasteiger partial charge on any atom is 0.273 e. The molecule has 0 saturated heterocycles. The molecular weight excluding hydrogens is 280 g/mol. The number of hydrogen-bond acceptors (Lipinski definition) is 5. The van der Waals surface area contributed by atoms with Gasteiger partial charge in [0.1, 0.15) is 5.76 Å². The third-order valence-corrected chi connectivity index (χ3v) is 4.90. The molecule has 0 aliphatic heterocycles. The second-order valence-electron chi connectivity index (χ2n) is 5.11. The first-order valence-electron chi connectivity index (χ1n) is 7.00. The van der Waals surface area contributed by atoms with Crippen LogP contribution in [-0.4, -0.2) is 32.7 Å². The molecule has 2 unspecified atom stereocenters. The van der Waals surface area contributed by atoms with Gasteiger partial charge < -0.3 is 14.8 Å². The van der Waals surface area contributed by atoms with E-state index in [2.05, 4.69) is 10.0 Å². The molecule has 0 amide bonds. The molecule has 7 heteroatoms. The molecule has 114 valence electrons. The molecule has 0 aromatic carbocycles. The van der Waals surface area contributed by atoms with Crippen molar-refractivity contribution in [1.29, 1.82) is 0 Å². The van der Waals surface area contributed by atoms with Crippen LogP contribution in [0, 0.1) is 5.92 Å². The normalized spacial score (nSPS) is 23.3. The third kappa shape index (κ3) is 3.82. The minimum Gasteiger partial charge on any atom is -0.447 e. The van der Waals surface area contributed by atoms with Gasteiger partial charge >= 0.3 is 0 Å². The van der Waals surface area contributed by atoms with Crippen LogP contribution in [0.5, 0.6) is 0 Å². The smallest absolute Gasteiger partial charge is 0.273 e. The average molecular weight is 302 g/mol. The van der Waals surface area contributed by atoms with E-state index in [1.54, 1.807) is 6.07 Å². The standard InChI is InChI=1S/C13H22N2O4S/c1-2-14-9-11-6-7-13(19-11)20(17,18)15-8-10-4-3-5-12(10)16/h6-7,10,12,14-16H,2-5,8-9H2,1H3. The first-order valence-corrected chi connectivity index (χ1v) is 8.48. The summed E-state index contributed by atoms with van der Waals surface area (Å²) in [5.74, 6) is 0.592. The van der Waals surface area contributed by atoms with Crippen LogP contribution in [0.15, 0.2) is 21.6 Å². The summed E-state index contributed by atoms with van der Waals surface area (Å²) in [5, 5.41) is 12.7. The second kappa shape index (κ2) is 6.71. The zero-order chi connectivity index (χ0) is 14.6. The molecule has 1 saturated carbocycles. The van der Waals surface area contributed by atoms with Gasteiger partial charge in [-0.3, -0.25) is 0 Å². The van der Waals surface area contributed by atoms with E-state index < -0.39 is 16.1 Å². The Morgan fingerprint density at radius 2 is 2.20 bits per heavy atom. The van der Waals surface area contributed by atoms with Crippen molar-refractivity contribution in [2.75, 3.05) is 13.1 Å². The average Bonchev–Trinajstić information content (AvgIpc) is 3.03. The Morgan fingerprint density at radius 3 is 2.85 bits per heavy atom. The summed E-state index contributed by atoms with van der Waals surface area (Å²) >= 11 is 0. The highest BCUT2D eigenvalue weighted by molar-refractivity contribution is 7.89. The Morgan fingerprint density at radius 1 is 1.40 bits per heavy atom. The van der Waals surface area contributed by atoms with Crippen molar-refractivity contribution >= 4 is 10.0 Å². The fourth-order valence-corrected chi connectivity index (χ4v) is 3.43. The first-order chi connectivity index (χ1) is 9.53. The lowest BCUT2D eigenvalue weighted by molar-refractivity contribution is 0.134. The molecule has 1 heterocycles. The van der Waals surface area contributed by atoms with Crippen LogP contribution in [0.25, 0.3) is 0 Å². The highest BCUT2D eigenvalue weighted by atomic mass is 32.2. The molecule has 3 N–H and O–H groups in total. The molecule has 1 aliphatic rings. The van der Waals surface area contributed by atoms with Crippen molar-refractivity contribution in [3.05, 3.63) is 17.9 Å². The third-order valence-electron chi connectivity index (χ3n) is 3.61. The van der Waals surface area contributed by atoms with Gasteiger partial charge in [0.2, 0.25) is 5.09 Å². The van der Waals surface area contributed by atoms with E-state index in [1.807, 2.05) is 6.92 Å². The lowest BCUT2D eigenvalue weighted by Crippen LogP contribution is -2.32. The molecule has 1 aliphatic carbocycles. The Kier molecular flexibility index (Phi) is 5.20. The summed E-state index contributed by atoms with van der Waals surface area (Å²) in [6.45, 7) is 3.52. The number of hydrogen-bond donors (Lipinski definition) is 3. The number of rotatable bonds is 7. The van der Waals surface area contributed by atoms with E-state index in [-0.39, 0.29) is 17.6 Å². The first kappa shape index (κ1) is 15.5. The van der Waals surface area contributed by atoms with Crippen molar-refractivity contribution in [3.63, 3.8) is 0 Å². The number of aliphatic hydroxyl groups excluding tert-OH is 1. The van der Waals surface area contributed by atoms with Gasteiger partial charge in [-0.05, 0) is 37.4 Å². The minimum absolute atomic E-state index is 0.000894. The van der Waals surface area contributed by atoms with E-state index in [9.17, 15) is 13.5 Å². The van der Waals surface area contributed by atoms with Crippen LogP contribution < -0.4 is 10.0 Å². The molecule has 20 heavy (non-hydrogen) atoms. The molecule has 6 nitrogen and oxygen atoms in total. The van der Waals surface area contributed by atoms with Gasteiger partial charge in [0.15, 0.2) is 0 Å². The van der Waals surface area contributed by atoms with Crippen molar-refractivity contribution in [2.45, 2.75) is 43.9 Å². The van der Waals surface area contributed by atoms with E-state index in [1.165, 1.54) is 6.07 Å². The molecule has 0 bridgehead atoms. The van der Waals surface area contributed by atoms with Crippen LogP contribution in [0.1, 0.15) is 31.9 Å². The predicted octanol–water partition coefficient (Wildman–Crippen LogP) is 0.828. The molecule has 1 aromatic rings. The molecular formula is C13H22N2O4S. The largest absolute Gasteiger partial charge is 0.447 e. The summed E-state index contributed by atoms with van der Waals surface area (Å²) in [5.41, 5.74) is 0. The number of nitrogens with one attached hydrogen (secondary N) is 2. The van der Waals surface area contributed by atoms with Crippen LogP contribution in [0.2, 0.25) is 0 Å². The highest BCUT2D eigenvalue weighted by Gasteiger charge is 2.27. The summed E-state index contributed by atoms with van der Waals surface area (Å²) in [6, 6.07) is 3.11. The monoisotopic (exact) mass is 302 g/mol. The van der Waals surface area contributed by atoms with Gasteiger partial charge in [0.05, 0.1) is 12.6 Å². The fraction of sp³-hybridized carbons (Fsp3) is 0.692. The molecule has 2 rings (SSSR count). The van der Waals surface area contributed by atoms with Gasteiger partial charge in [-0.15, -0.1) is 0 Å². The summed E-state index contributed by atoms with van der Waals surface area (Å²) in [7, 11) is -3.63. The molecule has 1 aromatic heterocycles. The van der Waals surface area contributed by atoms with E-state index >= 15 is 0 Å². The van der Waals surface area contributed by atoms with Crippen molar-refractivity contribution in [1.82, 2.24) is 10.0 Å². The number of sulfonamides is 1. The molecule has 1 fully saturated rings. The topological polar surface area (TPSA) is 91.6 Å². The maximum atomic E-state index is 12.1. The van der Waals surface area contributed by atoms with Crippen LogP contribution in [0.4, 0.5) is 0 Å². The Labute approximate surface area is 119 Å².